The molecule has 0 bridgehead atoms. The Morgan fingerprint density at radius 3 is 3.05 bits per heavy atom. The molecular formula is C14H16ClNO3. The van der Waals surface area contributed by atoms with Crippen molar-refractivity contribution < 1.29 is 14.3 Å². The van der Waals surface area contributed by atoms with Crippen molar-refractivity contribution in [2.75, 3.05) is 25.8 Å². The van der Waals surface area contributed by atoms with E-state index in [2.05, 4.69) is 0 Å². The number of piperidine rings is 1. The molecule has 0 radical (unpaired) electrons. The molecule has 0 N–H and O–H groups in total. The minimum absolute atomic E-state index is 0.0492. The van der Waals surface area contributed by atoms with Gasteiger partial charge in [0.2, 0.25) is 6.79 Å². The largest absolute Gasteiger partial charge is 0.454 e. The molecule has 4 nitrogen and oxygen atoms in total. The van der Waals surface area contributed by atoms with Crippen molar-refractivity contribution in [3.8, 4) is 11.5 Å². The minimum atomic E-state index is 0.0492. The molecule has 2 aliphatic heterocycles. The van der Waals surface area contributed by atoms with Crippen LogP contribution in [0.1, 0.15) is 23.2 Å². The summed E-state index contributed by atoms with van der Waals surface area (Å²) in [7, 11) is 0. The summed E-state index contributed by atoms with van der Waals surface area (Å²) in [6.45, 7) is 1.78. The molecule has 2 heterocycles. The first-order valence-corrected chi connectivity index (χ1v) is 7.06. The lowest BCUT2D eigenvalue weighted by molar-refractivity contribution is 0.0684. The molecule has 1 fully saturated rings. The molecular weight excluding hydrogens is 266 g/mol. The number of benzene rings is 1. The van der Waals surface area contributed by atoms with Gasteiger partial charge in [0.05, 0.1) is 0 Å². The number of alkyl halides is 1. The second-order valence-corrected chi connectivity index (χ2v) is 5.29. The van der Waals surface area contributed by atoms with Gasteiger partial charge in [-0.1, -0.05) is 0 Å². The second-order valence-electron chi connectivity index (χ2n) is 4.98. The highest BCUT2D eigenvalue weighted by molar-refractivity contribution is 6.18. The average molecular weight is 282 g/mol. The number of carbonyl (C=O) groups is 1. The van der Waals surface area contributed by atoms with Gasteiger partial charge in [-0.2, -0.15) is 0 Å². The molecule has 102 valence electrons. The highest BCUT2D eigenvalue weighted by atomic mass is 35.5. The number of ether oxygens (including phenoxy) is 2. The van der Waals surface area contributed by atoms with Crippen molar-refractivity contribution >= 4 is 17.5 Å². The van der Waals surface area contributed by atoms with Crippen LogP contribution in [0.5, 0.6) is 11.5 Å². The molecule has 0 aliphatic carbocycles. The van der Waals surface area contributed by atoms with Gasteiger partial charge in [0, 0.05) is 24.5 Å². The van der Waals surface area contributed by atoms with E-state index in [1.165, 1.54) is 0 Å². The summed E-state index contributed by atoms with van der Waals surface area (Å²) < 4.78 is 10.6. The van der Waals surface area contributed by atoms with Crippen LogP contribution in [0.25, 0.3) is 0 Å². The van der Waals surface area contributed by atoms with Gasteiger partial charge in [-0.3, -0.25) is 4.79 Å². The van der Waals surface area contributed by atoms with Gasteiger partial charge in [0.15, 0.2) is 11.5 Å². The van der Waals surface area contributed by atoms with E-state index in [0.29, 0.717) is 28.9 Å². The first kappa shape index (κ1) is 12.6. The molecule has 1 atom stereocenters. The first-order valence-electron chi connectivity index (χ1n) is 6.53. The Morgan fingerprint density at radius 1 is 1.37 bits per heavy atom. The Morgan fingerprint density at radius 2 is 2.21 bits per heavy atom. The third-order valence-corrected chi connectivity index (χ3v) is 4.08. The minimum Gasteiger partial charge on any atom is -0.454 e. The van der Waals surface area contributed by atoms with Crippen LogP contribution < -0.4 is 9.47 Å². The van der Waals surface area contributed by atoms with Crippen LogP contribution in [0, 0.1) is 5.92 Å². The SMILES string of the molecule is O=C(c1ccc2c(c1)OCO2)N1CCCC(CCl)C1. The van der Waals surface area contributed by atoms with Gasteiger partial charge in [-0.05, 0) is 37.0 Å². The summed E-state index contributed by atoms with van der Waals surface area (Å²) in [5, 5.41) is 0. The normalized spacial score (nSPS) is 21.5. The Bertz CT molecular complexity index is 492. The maximum atomic E-state index is 12.4. The molecule has 1 saturated heterocycles. The van der Waals surface area contributed by atoms with Gasteiger partial charge in [-0.25, -0.2) is 0 Å². The second kappa shape index (κ2) is 5.29. The zero-order valence-electron chi connectivity index (χ0n) is 10.6. The fourth-order valence-corrected chi connectivity index (χ4v) is 2.84. The quantitative estimate of drug-likeness (QED) is 0.782. The molecule has 1 amide bonds. The lowest BCUT2D eigenvalue weighted by Crippen LogP contribution is -2.40. The predicted octanol–water partition coefficient (Wildman–Crippen LogP) is 2.51. The highest BCUT2D eigenvalue weighted by Gasteiger charge is 2.25. The highest BCUT2D eigenvalue weighted by Crippen LogP contribution is 2.33. The third kappa shape index (κ3) is 2.50. The molecule has 5 heteroatoms. The van der Waals surface area contributed by atoms with E-state index in [-0.39, 0.29) is 12.7 Å². The number of carbonyl (C=O) groups excluding carboxylic acids is 1. The lowest BCUT2D eigenvalue weighted by Gasteiger charge is -2.31. The van der Waals surface area contributed by atoms with Crippen molar-refractivity contribution in [2.24, 2.45) is 5.92 Å². The number of fused-ring (bicyclic) bond motifs is 1. The van der Waals surface area contributed by atoms with Gasteiger partial charge in [0.25, 0.3) is 5.91 Å². The number of nitrogens with zero attached hydrogens (tertiary/aromatic N) is 1. The summed E-state index contributed by atoms with van der Waals surface area (Å²) >= 11 is 5.90. The van der Waals surface area contributed by atoms with Gasteiger partial charge >= 0.3 is 0 Å². The number of amides is 1. The molecule has 0 aromatic heterocycles. The van der Waals surface area contributed by atoms with Crippen LogP contribution in [0.15, 0.2) is 18.2 Å². The van der Waals surface area contributed by atoms with E-state index in [1.807, 2.05) is 4.90 Å². The average Bonchev–Trinajstić information content (AvgIpc) is 2.94. The van der Waals surface area contributed by atoms with E-state index in [9.17, 15) is 4.79 Å². The maximum absolute atomic E-state index is 12.4. The van der Waals surface area contributed by atoms with Crippen LogP contribution in [0.2, 0.25) is 0 Å². The Balaban J connectivity index is 1.76. The van der Waals surface area contributed by atoms with Crippen molar-refractivity contribution in [1.29, 1.82) is 0 Å². The fraction of sp³-hybridized carbons (Fsp3) is 0.500. The van der Waals surface area contributed by atoms with Crippen LogP contribution in [-0.2, 0) is 0 Å². The van der Waals surface area contributed by atoms with Crippen molar-refractivity contribution in [2.45, 2.75) is 12.8 Å². The summed E-state index contributed by atoms with van der Waals surface area (Å²) in [5.74, 6) is 2.43. The van der Waals surface area contributed by atoms with E-state index in [4.69, 9.17) is 21.1 Å². The molecule has 1 aromatic rings. The zero-order chi connectivity index (χ0) is 13.2. The maximum Gasteiger partial charge on any atom is 0.254 e. The van der Waals surface area contributed by atoms with E-state index in [0.717, 1.165) is 25.9 Å². The Kier molecular flexibility index (Phi) is 3.51. The number of halogens is 1. The van der Waals surface area contributed by atoms with Crippen LogP contribution in [-0.4, -0.2) is 36.6 Å². The van der Waals surface area contributed by atoms with E-state index >= 15 is 0 Å². The van der Waals surface area contributed by atoms with Crippen LogP contribution >= 0.6 is 11.6 Å². The number of likely N-dealkylation sites (tertiary alicyclic amines) is 1. The summed E-state index contributed by atoms with van der Waals surface area (Å²) in [5.41, 5.74) is 0.652. The molecule has 1 unspecified atom stereocenters. The van der Waals surface area contributed by atoms with Crippen molar-refractivity contribution in [3.63, 3.8) is 0 Å². The summed E-state index contributed by atoms with van der Waals surface area (Å²) in [6, 6.07) is 5.34. The molecule has 19 heavy (non-hydrogen) atoms. The molecule has 2 aliphatic rings. The molecule has 0 spiro atoms. The molecule has 0 saturated carbocycles. The third-order valence-electron chi connectivity index (χ3n) is 3.64. The van der Waals surface area contributed by atoms with Gasteiger partial charge < -0.3 is 14.4 Å². The van der Waals surface area contributed by atoms with Gasteiger partial charge in [-0.15, -0.1) is 11.6 Å². The smallest absolute Gasteiger partial charge is 0.254 e. The Labute approximate surface area is 117 Å². The molecule has 1 aromatic carbocycles. The predicted molar refractivity (Wildman–Crippen MR) is 71.9 cm³/mol. The van der Waals surface area contributed by atoms with E-state index < -0.39 is 0 Å². The number of rotatable bonds is 2. The molecule has 3 rings (SSSR count). The van der Waals surface area contributed by atoms with Crippen molar-refractivity contribution in [3.05, 3.63) is 23.8 Å². The van der Waals surface area contributed by atoms with Crippen LogP contribution in [0.4, 0.5) is 0 Å². The summed E-state index contributed by atoms with van der Waals surface area (Å²) in [4.78, 5) is 14.3. The van der Waals surface area contributed by atoms with Crippen LogP contribution in [0.3, 0.4) is 0 Å². The standard InChI is InChI=1S/C14H16ClNO3/c15-7-10-2-1-5-16(8-10)14(17)11-3-4-12-13(6-11)19-9-18-12/h3-4,6,10H,1-2,5,7-9H2. The first-order chi connectivity index (χ1) is 9.28. The number of hydrogen-bond donors (Lipinski definition) is 0. The van der Waals surface area contributed by atoms with Crippen molar-refractivity contribution in [1.82, 2.24) is 4.90 Å². The topological polar surface area (TPSA) is 38.8 Å². The van der Waals surface area contributed by atoms with E-state index in [1.54, 1.807) is 18.2 Å². The summed E-state index contributed by atoms with van der Waals surface area (Å²) in [6.07, 6.45) is 2.13. The number of hydrogen-bond acceptors (Lipinski definition) is 3. The fourth-order valence-electron chi connectivity index (χ4n) is 2.59. The lowest BCUT2D eigenvalue weighted by atomic mass is 9.99. The zero-order valence-corrected chi connectivity index (χ0v) is 11.4. The monoisotopic (exact) mass is 281 g/mol. The Hall–Kier alpha value is -1.42. The van der Waals surface area contributed by atoms with Gasteiger partial charge in [0.1, 0.15) is 0 Å².